The van der Waals surface area contributed by atoms with Gasteiger partial charge in [0.25, 0.3) is 0 Å². The molecule has 1 fully saturated rings. The smallest absolute Gasteiger partial charge is 0.214 e. The largest absolute Gasteiger partial charge is 0.298 e. The summed E-state index contributed by atoms with van der Waals surface area (Å²) >= 11 is 0. The van der Waals surface area contributed by atoms with Gasteiger partial charge >= 0.3 is 0 Å². The number of piperazine rings is 1. The highest BCUT2D eigenvalue weighted by Crippen LogP contribution is 2.17. The Morgan fingerprint density at radius 1 is 1.10 bits per heavy atom. The van der Waals surface area contributed by atoms with Gasteiger partial charge in [-0.25, -0.2) is 8.42 Å². The van der Waals surface area contributed by atoms with Gasteiger partial charge in [0.15, 0.2) is 0 Å². The maximum Gasteiger partial charge on any atom is 0.214 e. The van der Waals surface area contributed by atoms with E-state index in [4.69, 9.17) is 0 Å². The standard InChI is InChI=1S/C15H24N2O2S/c1-13-11-17(12-14(2)16(13)3)20(18,19)10-9-15-7-5-4-6-8-15/h4-8,13-14H,9-12H2,1-3H3. The number of benzene rings is 1. The van der Waals surface area contributed by atoms with Crippen LogP contribution in [-0.2, 0) is 16.4 Å². The van der Waals surface area contributed by atoms with Gasteiger partial charge in [0.05, 0.1) is 5.75 Å². The molecule has 2 atom stereocenters. The van der Waals surface area contributed by atoms with Crippen molar-refractivity contribution in [2.24, 2.45) is 0 Å². The van der Waals surface area contributed by atoms with E-state index in [1.807, 2.05) is 30.3 Å². The molecule has 0 radical (unpaired) electrons. The second kappa shape index (κ2) is 6.24. The van der Waals surface area contributed by atoms with Gasteiger partial charge in [-0.3, -0.25) is 4.90 Å². The summed E-state index contributed by atoms with van der Waals surface area (Å²) in [4.78, 5) is 2.24. The average molecular weight is 296 g/mol. The van der Waals surface area contributed by atoms with E-state index in [-0.39, 0.29) is 17.8 Å². The molecule has 1 aromatic carbocycles. The Morgan fingerprint density at radius 2 is 1.65 bits per heavy atom. The summed E-state index contributed by atoms with van der Waals surface area (Å²) in [5.41, 5.74) is 1.08. The molecule has 0 saturated carbocycles. The summed E-state index contributed by atoms with van der Waals surface area (Å²) in [6.07, 6.45) is 0.582. The lowest BCUT2D eigenvalue weighted by Crippen LogP contribution is -2.56. The molecular formula is C15H24N2O2S. The topological polar surface area (TPSA) is 40.6 Å². The second-order valence-corrected chi connectivity index (χ2v) is 7.82. The molecule has 112 valence electrons. The fraction of sp³-hybridized carbons (Fsp3) is 0.600. The van der Waals surface area contributed by atoms with Crippen molar-refractivity contribution in [2.75, 3.05) is 25.9 Å². The van der Waals surface area contributed by atoms with Gasteiger partial charge in [0, 0.05) is 25.2 Å². The molecule has 2 rings (SSSR count). The molecule has 1 aliphatic heterocycles. The fourth-order valence-electron chi connectivity index (χ4n) is 2.60. The first-order chi connectivity index (χ1) is 9.40. The minimum Gasteiger partial charge on any atom is -0.298 e. The Kier molecular flexibility index (Phi) is 4.83. The van der Waals surface area contributed by atoms with Crippen LogP contribution in [0.25, 0.3) is 0 Å². The van der Waals surface area contributed by atoms with Crippen LogP contribution in [0.4, 0.5) is 0 Å². The van der Waals surface area contributed by atoms with Crippen LogP contribution in [0.5, 0.6) is 0 Å². The molecular weight excluding hydrogens is 272 g/mol. The zero-order valence-corrected chi connectivity index (χ0v) is 13.3. The Balaban J connectivity index is 2.00. The van der Waals surface area contributed by atoms with E-state index in [9.17, 15) is 8.42 Å². The van der Waals surface area contributed by atoms with Gasteiger partial charge in [-0.2, -0.15) is 4.31 Å². The number of sulfonamides is 1. The highest BCUT2D eigenvalue weighted by atomic mass is 32.2. The lowest BCUT2D eigenvalue weighted by Gasteiger charge is -2.41. The molecule has 1 saturated heterocycles. The van der Waals surface area contributed by atoms with Crippen LogP contribution in [0.3, 0.4) is 0 Å². The molecule has 0 aliphatic carbocycles. The van der Waals surface area contributed by atoms with E-state index in [0.717, 1.165) is 5.56 Å². The van der Waals surface area contributed by atoms with Gasteiger partial charge in [-0.05, 0) is 32.9 Å². The van der Waals surface area contributed by atoms with Crippen LogP contribution < -0.4 is 0 Å². The van der Waals surface area contributed by atoms with Crippen molar-refractivity contribution in [1.82, 2.24) is 9.21 Å². The number of nitrogens with zero attached hydrogens (tertiary/aromatic N) is 2. The quantitative estimate of drug-likeness (QED) is 0.847. The number of likely N-dealkylation sites (N-methyl/N-ethyl adjacent to an activating group) is 1. The third kappa shape index (κ3) is 3.59. The molecule has 2 unspecified atom stereocenters. The highest BCUT2D eigenvalue weighted by Gasteiger charge is 2.33. The third-order valence-electron chi connectivity index (χ3n) is 4.21. The molecule has 0 bridgehead atoms. The predicted octanol–water partition coefficient (Wildman–Crippen LogP) is 1.58. The maximum absolute atomic E-state index is 12.5. The maximum atomic E-state index is 12.5. The van der Waals surface area contributed by atoms with Crippen molar-refractivity contribution in [3.63, 3.8) is 0 Å². The van der Waals surface area contributed by atoms with E-state index < -0.39 is 10.0 Å². The lowest BCUT2D eigenvalue weighted by atomic mass is 10.1. The Bertz CT molecular complexity index is 518. The molecule has 1 heterocycles. The van der Waals surface area contributed by atoms with Crippen LogP contribution in [0.2, 0.25) is 0 Å². The zero-order valence-electron chi connectivity index (χ0n) is 12.5. The summed E-state index contributed by atoms with van der Waals surface area (Å²) in [7, 11) is -1.11. The van der Waals surface area contributed by atoms with E-state index in [0.29, 0.717) is 19.5 Å². The molecule has 0 spiro atoms. The van der Waals surface area contributed by atoms with Crippen LogP contribution in [0, 0.1) is 0 Å². The first kappa shape index (κ1) is 15.5. The second-order valence-electron chi connectivity index (χ2n) is 5.73. The minimum atomic E-state index is -3.16. The van der Waals surface area contributed by atoms with Gasteiger partial charge in [0.1, 0.15) is 0 Å². The number of hydrogen-bond acceptors (Lipinski definition) is 3. The number of aryl methyl sites for hydroxylation is 1. The third-order valence-corrected chi connectivity index (χ3v) is 6.02. The molecule has 1 aliphatic rings. The summed E-state index contributed by atoms with van der Waals surface area (Å²) in [6.45, 7) is 5.35. The van der Waals surface area contributed by atoms with Crippen LogP contribution in [0.15, 0.2) is 30.3 Å². The SMILES string of the molecule is CC1CN(S(=O)(=O)CCc2ccccc2)CC(C)N1C. The summed E-state index contributed by atoms with van der Waals surface area (Å²) in [6, 6.07) is 10.3. The first-order valence-electron chi connectivity index (χ1n) is 7.14. The summed E-state index contributed by atoms with van der Waals surface area (Å²) in [5.74, 6) is 0.195. The van der Waals surface area contributed by atoms with Crippen molar-refractivity contribution < 1.29 is 8.42 Å². The normalized spacial score (nSPS) is 25.8. The van der Waals surface area contributed by atoms with Gasteiger partial charge in [-0.1, -0.05) is 30.3 Å². The lowest BCUT2D eigenvalue weighted by molar-refractivity contribution is 0.105. The molecule has 0 amide bonds. The van der Waals surface area contributed by atoms with Gasteiger partial charge in [0.2, 0.25) is 10.0 Å². The molecule has 4 nitrogen and oxygen atoms in total. The molecule has 0 aromatic heterocycles. The number of hydrogen-bond donors (Lipinski definition) is 0. The van der Waals surface area contributed by atoms with Crippen LogP contribution in [-0.4, -0.2) is 55.6 Å². The summed E-state index contributed by atoms with van der Waals surface area (Å²) in [5, 5.41) is 0. The van der Waals surface area contributed by atoms with E-state index in [1.54, 1.807) is 4.31 Å². The molecule has 1 aromatic rings. The Labute approximate surface area is 122 Å². The van der Waals surface area contributed by atoms with Crippen molar-refractivity contribution in [1.29, 1.82) is 0 Å². The minimum absolute atomic E-state index is 0.195. The van der Waals surface area contributed by atoms with E-state index >= 15 is 0 Å². The Hall–Kier alpha value is -0.910. The summed E-state index contributed by atoms with van der Waals surface area (Å²) < 4.78 is 26.6. The van der Waals surface area contributed by atoms with E-state index in [2.05, 4.69) is 25.8 Å². The van der Waals surface area contributed by atoms with Crippen molar-refractivity contribution in [2.45, 2.75) is 32.4 Å². The van der Waals surface area contributed by atoms with Gasteiger partial charge in [-0.15, -0.1) is 0 Å². The zero-order chi connectivity index (χ0) is 14.8. The number of rotatable bonds is 4. The molecule has 20 heavy (non-hydrogen) atoms. The van der Waals surface area contributed by atoms with Crippen molar-refractivity contribution in [3.05, 3.63) is 35.9 Å². The Morgan fingerprint density at radius 3 is 2.20 bits per heavy atom. The van der Waals surface area contributed by atoms with Crippen LogP contribution >= 0.6 is 0 Å². The molecule has 0 N–H and O–H groups in total. The first-order valence-corrected chi connectivity index (χ1v) is 8.75. The monoisotopic (exact) mass is 296 g/mol. The predicted molar refractivity (Wildman–Crippen MR) is 82.2 cm³/mol. The van der Waals surface area contributed by atoms with Gasteiger partial charge < -0.3 is 0 Å². The highest BCUT2D eigenvalue weighted by molar-refractivity contribution is 7.89. The van der Waals surface area contributed by atoms with E-state index in [1.165, 1.54) is 0 Å². The fourth-order valence-corrected chi connectivity index (χ4v) is 4.24. The average Bonchev–Trinajstić information content (AvgIpc) is 2.43. The molecule has 5 heteroatoms. The van der Waals surface area contributed by atoms with Crippen molar-refractivity contribution in [3.8, 4) is 0 Å². The van der Waals surface area contributed by atoms with Crippen molar-refractivity contribution >= 4 is 10.0 Å². The van der Waals surface area contributed by atoms with Crippen LogP contribution in [0.1, 0.15) is 19.4 Å².